The average Bonchev–Trinajstić information content (AvgIpc) is 2.98. The first-order chi connectivity index (χ1) is 10.1. The summed E-state index contributed by atoms with van der Waals surface area (Å²) in [7, 11) is 3.27. The monoisotopic (exact) mass is 389 g/mol. The van der Waals surface area contributed by atoms with Crippen LogP contribution in [0, 0.1) is 0 Å². The SMILES string of the molecule is COc1cc(Br)c(CNC(C)Cc2ccco2)cc1OC.Cl. The van der Waals surface area contributed by atoms with Gasteiger partial charge in [-0.3, -0.25) is 0 Å². The largest absolute Gasteiger partial charge is 0.493 e. The number of furan rings is 1. The summed E-state index contributed by atoms with van der Waals surface area (Å²) in [5.41, 5.74) is 1.12. The molecular weight excluding hydrogens is 370 g/mol. The molecule has 0 radical (unpaired) electrons. The molecule has 0 aliphatic rings. The lowest BCUT2D eigenvalue weighted by Gasteiger charge is -2.15. The van der Waals surface area contributed by atoms with Gasteiger partial charge in [0.05, 0.1) is 20.5 Å². The number of hydrogen-bond donors (Lipinski definition) is 1. The molecule has 0 spiro atoms. The van der Waals surface area contributed by atoms with Crippen LogP contribution < -0.4 is 14.8 Å². The number of halogens is 2. The van der Waals surface area contributed by atoms with Crippen LogP contribution >= 0.6 is 28.3 Å². The number of methoxy groups -OCH3 is 2. The Morgan fingerprint density at radius 1 is 1.23 bits per heavy atom. The van der Waals surface area contributed by atoms with Crippen LogP contribution in [-0.2, 0) is 13.0 Å². The van der Waals surface area contributed by atoms with E-state index >= 15 is 0 Å². The molecule has 2 aromatic rings. The standard InChI is InChI=1S/C16H20BrNO3.ClH/c1-11(7-13-5-4-6-21-13)18-10-12-8-15(19-2)16(20-3)9-14(12)17;/h4-6,8-9,11,18H,7,10H2,1-3H3;1H. The van der Waals surface area contributed by atoms with Gasteiger partial charge in [-0.25, -0.2) is 0 Å². The third-order valence-corrected chi connectivity index (χ3v) is 4.02. The second-order valence-electron chi connectivity index (χ2n) is 4.86. The molecular formula is C16H21BrClNO3. The van der Waals surface area contributed by atoms with Crippen molar-refractivity contribution >= 4 is 28.3 Å². The van der Waals surface area contributed by atoms with Crippen molar-refractivity contribution in [2.75, 3.05) is 14.2 Å². The van der Waals surface area contributed by atoms with E-state index in [1.54, 1.807) is 20.5 Å². The van der Waals surface area contributed by atoms with Gasteiger partial charge in [0.25, 0.3) is 0 Å². The number of rotatable bonds is 7. The van der Waals surface area contributed by atoms with Gasteiger partial charge >= 0.3 is 0 Å². The first-order valence-corrected chi connectivity index (χ1v) is 7.59. The van der Waals surface area contributed by atoms with Crippen LogP contribution in [0.2, 0.25) is 0 Å². The lowest BCUT2D eigenvalue weighted by atomic mass is 10.1. The first-order valence-electron chi connectivity index (χ1n) is 6.80. The maximum atomic E-state index is 5.36. The molecule has 1 heterocycles. The summed E-state index contributed by atoms with van der Waals surface area (Å²) in [6.07, 6.45) is 2.56. The highest BCUT2D eigenvalue weighted by atomic mass is 79.9. The minimum absolute atomic E-state index is 0. The topological polar surface area (TPSA) is 43.6 Å². The molecule has 1 aromatic carbocycles. The fraction of sp³-hybridized carbons (Fsp3) is 0.375. The Hall–Kier alpha value is -1.17. The van der Waals surface area contributed by atoms with E-state index in [0.29, 0.717) is 6.04 Å². The van der Waals surface area contributed by atoms with Crippen LogP contribution in [0.5, 0.6) is 11.5 Å². The zero-order chi connectivity index (χ0) is 15.2. The summed E-state index contributed by atoms with van der Waals surface area (Å²) in [6, 6.07) is 8.12. The Balaban J connectivity index is 0.00000242. The molecule has 0 bridgehead atoms. The molecule has 1 atom stereocenters. The molecule has 6 heteroatoms. The summed E-state index contributed by atoms with van der Waals surface area (Å²) in [6.45, 7) is 2.87. The van der Waals surface area contributed by atoms with Crippen molar-refractivity contribution in [1.82, 2.24) is 5.32 Å². The molecule has 1 N–H and O–H groups in total. The van der Waals surface area contributed by atoms with Crippen LogP contribution in [0.25, 0.3) is 0 Å². The molecule has 1 unspecified atom stereocenters. The van der Waals surface area contributed by atoms with Crippen molar-refractivity contribution in [2.45, 2.75) is 25.9 Å². The normalized spacial score (nSPS) is 11.6. The number of hydrogen-bond acceptors (Lipinski definition) is 4. The molecule has 2 rings (SSSR count). The minimum atomic E-state index is 0. The molecule has 0 aliphatic heterocycles. The average molecular weight is 391 g/mol. The third-order valence-electron chi connectivity index (χ3n) is 3.28. The van der Waals surface area contributed by atoms with E-state index in [9.17, 15) is 0 Å². The van der Waals surface area contributed by atoms with Gasteiger partial charge in [-0.2, -0.15) is 0 Å². The number of benzene rings is 1. The summed E-state index contributed by atoms with van der Waals surface area (Å²) in [4.78, 5) is 0. The number of ether oxygens (including phenoxy) is 2. The van der Waals surface area contributed by atoms with Gasteiger partial charge in [-0.1, -0.05) is 15.9 Å². The molecule has 0 amide bonds. The van der Waals surface area contributed by atoms with E-state index in [1.165, 1.54) is 0 Å². The van der Waals surface area contributed by atoms with Gasteiger partial charge in [0.15, 0.2) is 11.5 Å². The second-order valence-corrected chi connectivity index (χ2v) is 5.72. The Morgan fingerprint density at radius 2 is 1.91 bits per heavy atom. The maximum Gasteiger partial charge on any atom is 0.161 e. The highest BCUT2D eigenvalue weighted by Gasteiger charge is 2.11. The van der Waals surface area contributed by atoms with Gasteiger partial charge < -0.3 is 19.2 Å². The zero-order valence-electron chi connectivity index (χ0n) is 12.9. The Labute approximate surface area is 145 Å². The van der Waals surface area contributed by atoms with Gasteiger partial charge in [0.2, 0.25) is 0 Å². The van der Waals surface area contributed by atoms with Crippen LogP contribution in [0.4, 0.5) is 0 Å². The molecule has 0 saturated carbocycles. The summed E-state index contributed by atoms with van der Waals surface area (Å²) in [5.74, 6) is 2.44. The molecule has 0 saturated heterocycles. The smallest absolute Gasteiger partial charge is 0.161 e. The van der Waals surface area contributed by atoms with Crippen molar-refractivity contribution < 1.29 is 13.9 Å². The summed E-state index contributed by atoms with van der Waals surface area (Å²) in [5, 5.41) is 3.48. The maximum absolute atomic E-state index is 5.36. The molecule has 0 aliphatic carbocycles. The van der Waals surface area contributed by atoms with Crippen molar-refractivity contribution in [1.29, 1.82) is 0 Å². The fourth-order valence-corrected chi connectivity index (χ4v) is 2.58. The predicted octanol–water partition coefficient (Wildman–Crippen LogP) is 4.20. The Morgan fingerprint density at radius 3 is 2.50 bits per heavy atom. The molecule has 22 heavy (non-hydrogen) atoms. The van der Waals surface area contributed by atoms with Crippen LogP contribution in [0.15, 0.2) is 39.4 Å². The fourth-order valence-electron chi connectivity index (χ4n) is 2.12. The van der Waals surface area contributed by atoms with Crippen LogP contribution in [-0.4, -0.2) is 20.3 Å². The van der Waals surface area contributed by atoms with Crippen molar-refractivity contribution in [3.63, 3.8) is 0 Å². The van der Waals surface area contributed by atoms with Gasteiger partial charge in [0, 0.05) is 23.5 Å². The molecule has 0 fully saturated rings. The molecule has 122 valence electrons. The van der Waals surface area contributed by atoms with E-state index in [-0.39, 0.29) is 12.4 Å². The highest BCUT2D eigenvalue weighted by Crippen LogP contribution is 2.33. The van der Waals surface area contributed by atoms with Gasteiger partial charge in [-0.05, 0) is 36.8 Å². The van der Waals surface area contributed by atoms with E-state index in [1.807, 2.05) is 24.3 Å². The third kappa shape index (κ3) is 4.93. The summed E-state index contributed by atoms with van der Waals surface area (Å²) < 4.78 is 17.0. The Bertz CT molecular complexity index is 575. The van der Waals surface area contributed by atoms with Crippen molar-refractivity contribution in [3.8, 4) is 11.5 Å². The van der Waals surface area contributed by atoms with Crippen molar-refractivity contribution in [3.05, 3.63) is 46.3 Å². The van der Waals surface area contributed by atoms with Crippen molar-refractivity contribution in [2.24, 2.45) is 0 Å². The zero-order valence-corrected chi connectivity index (χ0v) is 15.3. The second kappa shape index (κ2) is 9.08. The van der Waals surface area contributed by atoms with Crippen LogP contribution in [0.1, 0.15) is 18.2 Å². The van der Waals surface area contributed by atoms with E-state index in [4.69, 9.17) is 13.9 Å². The lowest BCUT2D eigenvalue weighted by molar-refractivity contribution is 0.354. The molecule has 4 nitrogen and oxygen atoms in total. The van der Waals surface area contributed by atoms with Gasteiger partial charge in [0.1, 0.15) is 5.76 Å². The highest BCUT2D eigenvalue weighted by molar-refractivity contribution is 9.10. The predicted molar refractivity (Wildman–Crippen MR) is 93.2 cm³/mol. The Kier molecular flexibility index (Phi) is 7.79. The molecule has 1 aromatic heterocycles. The first kappa shape index (κ1) is 18.9. The minimum Gasteiger partial charge on any atom is -0.493 e. The lowest BCUT2D eigenvalue weighted by Crippen LogP contribution is -2.27. The van der Waals surface area contributed by atoms with Crippen LogP contribution in [0.3, 0.4) is 0 Å². The van der Waals surface area contributed by atoms with E-state index in [0.717, 1.165) is 40.3 Å². The van der Waals surface area contributed by atoms with E-state index in [2.05, 4.69) is 28.2 Å². The number of nitrogens with one attached hydrogen (secondary N) is 1. The van der Waals surface area contributed by atoms with Gasteiger partial charge in [-0.15, -0.1) is 12.4 Å². The quantitative estimate of drug-likeness (QED) is 0.769. The summed E-state index contributed by atoms with van der Waals surface area (Å²) >= 11 is 3.57. The van der Waals surface area contributed by atoms with E-state index < -0.39 is 0 Å².